The third kappa shape index (κ3) is 5.37. The minimum Gasteiger partial charge on any atom is -0.455 e. The zero-order valence-electron chi connectivity index (χ0n) is 29.3. The molecule has 3 nitrogen and oxygen atoms in total. The van der Waals surface area contributed by atoms with Crippen molar-refractivity contribution in [2.24, 2.45) is 9.98 Å². The van der Waals surface area contributed by atoms with Crippen LogP contribution in [0, 0.1) is 0 Å². The van der Waals surface area contributed by atoms with Gasteiger partial charge in [0.15, 0.2) is 5.84 Å². The van der Waals surface area contributed by atoms with Gasteiger partial charge in [0.2, 0.25) is 0 Å². The van der Waals surface area contributed by atoms with Crippen LogP contribution in [0.1, 0.15) is 30.0 Å². The van der Waals surface area contributed by atoms with Crippen molar-refractivity contribution >= 4 is 60.7 Å². The summed E-state index contributed by atoms with van der Waals surface area (Å²) < 4.78 is 6.76. The highest BCUT2D eigenvalue weighted by molar-refractivity contribution is 6.25. The number of benzene rings is 8. The van der Waals surface area contributed by atoms with E-state index in [0.717, 1.165) is 61.2 Å². The van der Waals surface area contributed by atoms with Crippen molar-refractivity contribution in [1.82, 2.24) is 0 Å². The first-order valence-electron chi connectivity index (χ1n) is 18.1. The average molecular weight is 679 g/mol. The van der Waals surface area contributed by atoms with E-state index in [9.17, 15) is 0 Å². The molecule has 0 spiro atoms. The maximum atomic E-state index is 6.76. The Bertz CT molecular complexity index is 2950. The van der Waals surface area contributed by atoms with E-state index < -0.39 is 0 Å². The smallest absolute Gasteiger partial charge is 0.160 e. The largest absolute Gasteiger partial charge is 0.455 e. The van der Waals surface area contributed by atoms with Crippen LogP contribution in [0.3, 0.4) is 0 Å². The lowest BCUT2D eigenvalue weighted by Crippen LogP contribution is -2.06. The van der Waals surface area contributed by atoms with Gasteiger partial charge in [-0.05, 0) is 74.5 Å². The normalized spacial score (nSPS) is 13.5. The molecule has 0 radical (unpaired) electrons. The lowest BCUT2D eigenvalue weighted by molar-refractivity contribution is 0.670. The predicted molar refractivity (Wildman–Crippen MR) is 223 cm³/mol. The lowest BCUT2D eigenvalue weighted by atomic mass is 9.94. The molecule has 0 atom stereocenters. The molecule has 9 aromatic rings. The van der Waals surface area contributed by atoms with Crippen molar-refractivity contribution < 1.29 is 4.42 Å². The van der Waals surface area contributed by atoms with Gasteiger partial charge in [-0.15, -0.1) is 0 Å². The fraction of sp³-hybridized carbons (Fsp3) is 0.0400. The van der Waals surface area contributed by atoms with Gasteiger partial charge in [-0.3, -0.25) is 0 Å². The Kier molecular flexibility index (Phi) is 7.43. The van der Waals surface area contributed by atoms with Gasteiger partial charge >= 0.3 is 0 Å². The molecule has 2 heterocycles. The number of furan rings is 1. The van der Waals surface area contributed by atoms with Crippen LogP contribution < -0.4 is 0 Å². The van der Waals surface area contributed by atoms with Gasteiger partial charge in [0, 0.05) is 33.9 Å². The molecule has 0 fully saturated rings. The van der Waals surface area contributed by atoms with Crippen LogP contribution in [0.4, 0.5) is 0 Å². The van der Waals surface area contributed by atoms with E-state index in [2.05, 4.69) is 171 Å². The molecule has 1 aliphatic heterocycles. The lowest BCUT2D eigenvalue weighted by Gasteiger charge is -2.12. The van der Waals surface area contributed by atoms with Gasteiger partial charge in [0.1, 0.15) is 11.2 Å². The summed E-state index contributed by atoms with van der Waals surface area (Å²) in [5.41, 5.74) is 12.5. The van der Waals surface area contributed by atoms with Crippen LogP contribution in [-0.2, 0) is 0 Å². The van der Waals surface area contributed by atoms with Gasteiger partial charge < -0.3 is 4.42 Å². The fourth-order valence-corrected chi connectivity index (χ4v) is 7.93. The first kappa shape index (κ1) is 30.9. The van der Waals surface area contributed by atoms with E-state index in [1.54, 1.807) is 0 Å². The Labute approximate surface area is 307 Å². The van der Waals surface area contributed by atoms with E-state index in [-0.39, 0.29) is 0 Å². The van der Waals surface area contributed by atoms with Crippen LogP contribution >= 0.6 is 0 Å². The molecule has 250 valence electrons. The molecular weight excluding hydrogens is 645 g/mol. The highest BCUT2D eigenvalue weighted by Gasteiger charge is 2.23. The summed E-state index contributed by atoms with van der Waals surface area (Å²) >= 11 is 0. The predicted octanol–water partition coefficient (Wildman–Crippen LogP) is 13.3. The SMILES string of the molecule is CC1=C(c2ccc(-c3cccc4ccccc34)cc2)N=C(c2ccc(-c3cccc4ccccc34)c3oc4ccccc4c23)N=C(c2ccccc2)C1. The Morgan fingerprint density at radius 2 is 1.02 bits per heavy atom. The van der Waals surface area contributed by atoms with Crippen LogP contribution in [0.25, 0.3) is 71.4 Å². The van der Waals surface area contributed by atoms with Crippen molar-refractivity contribution in [1.29, 1.82) is 0 Å². The molecule has 1 aliphatic rings. The number of allylic oxidation sites excluding steroid dienone is 1. The molecule has 10 rings (SSSR count). The first-order valence-corrected chi connectivity index (χ1v) is 18.1. The number of fused-ring (bicyclic) bond motifs is 5. The molecule has 0 saturated carbocycles. The minimum atomic E-state index is 0.676. The van der Waals surface area contributed by atoms with Crippen LogP contribution in [0.5, 0.6) is 0 Å². The molecule has 1 aromatic heterocycles. The second-order valence-corrected chi connectivity index (χ2v) is 13.8. The van der Waals surface area contributed by atoms with Gasteiger partial charge in [-0.25, -0.2) is 9.98 Å². The van der Waals surface area contributed by atoms with E-state index in [4.69, 9.17) is 14.4 Å². The Morgan fingerprint density at radius 3 is 1.77 bits per heavy atom. The maximum absolute atomic E-state index is 6.76. The Hall–Kier alpha value is -6.84. The summed E-state index contributed by atoms with van der Waals surface area (Å²) in [5, 5.41) is 6.93. The number of aliphatic imine (C=N–C) groups is 2. The van der Waals surface area contributed by atoms with Gasteiger partial charge in [0.05, 0.1) is 11.4 Å². The van der Waals surface area contributed by atoms with Gasteiger partial charge in [0.25, 0.3) is 0 Å². The summed E-state index contributed by atoms with van der Waals surface area (Å²) in [6, 6.07) is 62.1. The van der Waals surface area contributed by atoms with Crippen molar-refractivity contribution in [3.63, 3.8) is 0 Å². The monoisotopic (exact) mass is 678 g/mol. The van der Waals surface area contributed by atoms with E-state index >= 15 is 0 Å². The first-order chi connectivity index (χ1) is 26.2. The zero-order chi connectivity index (χ0) is 35.3. The molecule has 0 amide bonds. The number of hydrogen-bond acceptors (Lipinski definition) is 3. The number of hydrogen-bond donors (Lipinski definition) is 0. The molecule has 53 heavy (non-hydrogen) atoms. The molecule has 0 N–H and O–H groups in total. The Morgan fingerprint density at radius 1 is 0.434 bits per heavy atom. The second kappa shape index (κ2) is 12.7. The highest BCUT2D eigenvalue weighted by atomic mass is 16.3. The number of nitrogens with zero attached hydrogens (tertiary/aromatic N) is 2. The summed E-state index contributed by atoms with van der Waals surface area (Å²) in [6.45, 7) is 2.19. The van der Waals surface area contributed by atoms with Crippen molar-refractivity contribution in [3.8, 4) is 22.3 Å². The summed E-state index contributed by atoms with van der Waals surface area (Å²) in [5.74, 6) is 0.676. The zero-order valence-corrected chi connectivity index (χ0v) is 29.3. The second-order valence-electron chi connectivity index (χ2n) is 13.8. The standard InChI is InChI=1S/C50H34N2O/c1-32-31-45(36-15-3-2-4-16-36)51-50(52-48(32)37-27-25-35(26-28-37)39-22-11-17-33-13-5-7-19-38(33)39)44-30-29-42(41-23-12-18-34-14-6-8-20-40(34)41)49-47(44)43-21-9-10-24-46(43)53-49/h2-30H,31H2,1H3. The van der Waals surface area contributed by atoms with Crippen LogP contribution in [-0.4, -0.2) is 11.5 Å². The minimum absolute atomic E-state index is 0.676. The molecule has 0 saturated heterocycles. The highest BCUT2D eigenvalue weighted by Crippen LogP contribution is 2.41. The molecule has 0 unspecified atom stereocenters. The summed E-state index contributed by atoms with van der Waals surface area (Å²) in [4.78, 5) is 10.9. The van der Waals surface area contributed by atoms with Gasteiger partial charge in [-0.2, -0.15) is 0 Å². The molecular formula is C50H34N2O. The summed E-state index contributed by atoms with van der Waals surface area (Å²) in [6.07, 6.45) is 0.681. The third-order valence-corrected chi connectivity index (χ3v) is 10.5. The molecule has 3 heteroatoms. The van der Waals surface area contributed by atoms with Crippen molar-refractivity contribution in [3.05, 3.63) is 198 Å². The fourth-order valence-electron chi connectivity index (χ4n) is 7.93. The van der Waals surface area contributed by atoms with Crippen molar-refractivity contribution in [2.75, 3.05) is 0 Å². The van der Waals surface area contributed by atoms with Crippen molar-refractivity contribution in [2.45, 2.75) is 13.3 Å². The number of para-hydroxylation sites is 1. The van der Waals surface area contributed by atoms with Crippen LogP contribution in [0.15, 0.2) is 196 Å². The van der Waals surface area contributed by atoms with Gasteiger partial charge in [-0.1, -0.05) is 158 Å². The van der Waals surface area contributed by atoms with E-state index in [0.29, 0.717) is 12.3 Å². The average Bonchev–Trinajstić information content (AvgIpc) is 3.52. The third-order valence-electron chi connectivity index (χ3n) is 10.5. The molecule has 0 bridgehead atoms. The van der Waals surface area contributed by atoms with E-state index in [1.807, 2.05) is 12.1 Å². The topological polar surface area (TPSA) is 37.9 Å². The summed E-state index contributed by atoms with van der Waals surface area (Å²) in [7, 11) is 0. The Balaban J connectivity index is 1.18. The maximum Gasteiger partial charge on any atom is 0.160 e. The molecule has 8 aromatic carbocycles. The quantitative estimate of drug-likeness (QED) is 0.179. The van der Waals surface area contributed by atoms with Crippen LogP contribution in [0.2, 0.25) is 0 Å². The number of amidine groups is 1. The molecule has 0 aliphatic carbocycles. The number of rotatable bonds is 5. The van der Waals surface area contributed by atoms with E-state index in [1.165, 1.54) is 38.2 Å².